The summed E-state index contributed by atoms with van der Waals surface area (Å²) in [4.78, 5) is 2.21. The Morgan fingerprint density at radius 3 is 2.58 bits per heavy atom. The molecule has 1 aliphatic heterocycles. The summed E-state index contributed by atoms with van der Waals surface area (Å²) in [7, 11) is 0. The van der Waals surface area contributed by atoms with Crippen molar-refractivity contribution in [3.63, 3.8) is 0 Å². The van der Waals surface area contributed by atoms with Crippen molar-refractivity contribution in [1.82, 2.24) is 4.90 Å². The summed E-state index contributed by atoms with van der Waals surface area (Å²) in [6.07, 6.45) is 5.63. The molecular formula is C10H15NO. The van der Waals surface area contributed by atoms with Crippen molar-refractivity contribution in [2.45, 2.75) is 0 Å². The molecule has 2 nitrogen and oxygen atoms in total. The number of hydrogen-bond acceptors (Lipinski definition) is 2. The molecule has 0 unspecified atom stereocenters. The van der Waals surface area contributed by atoms with E-state index in [0.717, 1.165) is 32.0 Å². The molecule has 0 N–H and O–H groups in total. The van der Waals surface area contributed by atoms with Gasteiger partial charge in [-0.1, -0.05) is 25.3 Å². The molecule has 12 heavy (non-hydrogen) atoms. The van der Waals surface area contributed by atoms with E-state index in [9.17, 15) is 0 Å². The number of morpholine rings is 1. The summed E-state index contributed by atoms with van der Waals surface area (Å²) in [5.74, 6) is 0. The predicted octanol–water partition coefficient (Wildman–Crippen LogP) is 1.57. The molecule has 1 rings (SSSR count). The molecule has 0 aromatic carbocycles. The lowest BCUT2D eigenvalue weighted by atomic mass is 10.3. The van der Waals surface area contributed by atoms with Crippen LogP contribution in [-0.2, 0) is 4.74 Å². The molecule has 1 aliphatic rings. The molecule has 0 bridgehead atoms. The highest BCUT2D eigenvalue weighted by atomic mass is 16.5. The topological polar surface area (TPSA) is 12.5 Å². The van der Waals surface area contributed by atoms with Crippen molar-refractivity contribution in [2.24, 2.45) is 0 Å². The van der Waals surface area contributed by atoms with Crippen LogP contribution >= 0.6 is 0 Å². The molecule has 0 aromatic rings. The normalized spacial score (nSPS) is 18.2. The summed E-state index contributed by atoms with van der Waals surface area (Å²) in [5.41, 5.74) is 1.04. The van der Waals surface area contributed by atoms with Gasteiger partial charge in [-0.05, 0) is 6.08 Å². The van der Waals surface area contributed by atoms with Gasteiger partial charge >= 0.3 is 0 Å². The first-order valence-corrected chi connectivity index (χ1v) is 4.15. The molecule has 2 heteroatoms. The molecule has 0 radical (unpaired) electrons. The van der Waals surface area contributed by atoms with Crippen molar-refractivity contribution in [3.05, 3.63) is 37.1 Å². The average molecular weight is 165 g/mol. The van der Waals surface area contributed by atoms with Crippen LogP contribution in [0.4, 0.5) is 0 Å². The molecule has 66 valence electrons. The lowest BCUT2D eigenvalue weighted by Gasteiger charge is -2.28. The number of ether oxygens (including phenoxy) is 1. The summed E-state index contributed by atoms with van der Waals surface area (Å²) >= 11 is 0. The third-order valence-corrected chi connectivity index (χ3v) is 1.84. The van der Waals surface area contributed by atoms with Gasteiger partial charge in [0.25, 0.3) is 0 Å². The van der Waals surface area contributed by atoms with E-state index in [4.69, 9.17) is 4.74 Å². The molecule has 0 saturated carbocycles. The van der Waals surface area contributed by atoms with E-state index in [-0.39, 0.29) is 0 Å². The zero-order valence-electron chi connectivity index (χ0n) is 7.33. The number of hydrogen-bond donors (Lipinski definition) is 0. The molecule has 0 aromatic heterocycles. The summed E-state index contributed by atoms with van der Waals surface area (Å²) < 4.78 is 5.23. The fourth-order valence-electron chi connectivity index (χ4n) is 1.14. The minimum Gasteiger partial charge on any atom is -0.378 e. The van der Waals surface area contributed by atoms with Crippen LogP contribution in [0.25, 0.3) is 0 Å². The first-order valence-electron chi connectivity index (χ1n) is 4.15. The number of allylic oxidation sites excluding steroid dienone is 3. The van der Waals surface area contributed by atoms with E-state index < -0.39 is 0 Å². The quantitative estimate of drug-likeness (QED) is 0.589. The maximum atomic E-state index is 5.23. The van der Waals surface area contributed by atoms with Crippen LogP contribution in [0.3, 0.4) is 0 Å². The van der Waals surface area contributed by atoms with Gasteiger partial charge in [-0.15, -0.1) is 0 Å². The third kappa shape index (κ3) is 2.55. The van der Waals surface area contributed by atoms with Crippen LogP contribution in [0, 0.1) is 0 Å². The van der Waals surface area contributed by atoms with Crippen LogP contribution in [0.5, 0.6) is 0 Å². The largest absolute Gasteiger partial charge is 0.378 e. The van der Waals surface area contributed by atoms with Gasteiger partial charge in [0.1, 0.15) is 0 Å². The molecule has 0 amide bonds. The third-order valence-electron chi connectivity index (χ3n) is 1.84. The first kappa shape index (κ1) is 9.07. The Hall–Kier alpha value is -1.02. The SMILES string of the molecule is C=C/C=C\C(=C)N1CCOCC1. The lowest BCUT2D eigenvalue weighted by Crippen LogP contribution is -2.34. The fraction of sp³-hybridized carbons (Fsp3) is 0.400. The Morgan fingerprint density at radius 1 is 1.33 bits per heavy atom. The van der Waals surface area contributed by atoms with Crippen LogP contribution in [0.1, 0.15) is 0 Å². The number of rotatable bonds is 3. The zero-order valence-corrected chi connectivity index (χ0v) is 7.33. The van der Waals surface area contributed by atoms with Gasteiger partial charge in [-0.25, -0.2) is 0 Å². The van der Waals surface area contributed by atoms with Gasteiger partial charge in [-0.2, -0.15) is 0 Å². The van der Waals surface area contributed by atoms with E-state index >= 15 is 0 Å². The molecule has 1 fully saturated rings. The molecule has 1 heterocycles. The fourth-order valence-corrected chi connectivity index (χ4v) is 1.14. The van der Waals surface area contributed by atoms with Gasteiger partial charge in [0.2, 0.25) is 0 Å². The van der Waals surface area contributed by atoms with Crippen molar-refractivity contribution >= 4 is 0 Å². The molecule has 0 atom stereocenters. The maximum absolute atomic E-state index is 5.23. The smallest absolute Gasteiger partial charge is 0.0642 e. The molecular weight excluding hydrogens is 150 g/mol. The molecule has 0 spiro atoms. The Labute approximate surface area is 73.8 Å². The van der Waals surface area contributed by atoms with E-state index in [1.807, 2.05) is 12.2 Å². The van der Waals surface area contributed by atoms with Crippen LogP contribution in [0.15, 0.2) is 37.1 Å². The average Bonchev–Trinajstić information content (AvgIpc) is 2.15. The zero-order chi connectivity index (χ0) is 8.81. The van der Waals surface area contributed by atoms with Gasteiger partial charge < -0.3 is 9.64 Å². The van der Waals surface area contributed by atoms with Crippen LogP contribution in [-0.4, -0.2) is 31.2 Å². The molecule has 1 saturated heterocycles. The summed E-state index contributed by atoms with van der Waals surface area (Å²) in [6.45, 7) is 11.1. The van der Waals surface area contributed by atoms with E-state index in [0.29, 0.717) is 0 Å². The Bertz CT molecular complexity index is 190. The molecule has 0 aliphatic carbocycles. The second-order valence-corrected chi connectivity index (χ2v) is 2.69. The lowest BCUT2D eigenvalue weighted by molar-refractivity contribution is 0.0556. The minimum absolute atomic E-state index is 0.806. The van der Waals surface area contributed by atoms with Crippen molar-refractivity contribution in [3.8, 4) is 0 Å². The summed E-state index contributed by atoms with van der Waals surface area (Å²) in [6, 6.07) is 0. The van der Waals surface area contributed by atoms with Gasteiger partial charge in [-0.3, -0.25) is 0 Å². The van der Waals surface area contributed by atoms with Crippen molar-refractivity contribution in [1.29, 1.82) is 0 Å². The van der Waals surface area contributed by atoms with E-state index in [2.05, 4.69) is 18.1 Å². The van der Waals surface area contributed by atoms with Gasteiger partial charge in [0, 0.05) is 18.8 Å². The monoisotopic (exact) mass is 165 g/mol. The first-order chi connectivity index (χ1) is 5.84. The van der Waals surface area contributed by atoms with Gasteiger partial charge in [0.15, 0.2) is 0 Å². The highest BCUT2D eigenvalue weighted by Crippen LogP contribution is 2.06. The summed E-state index contributed by atoms with van der Waals surface area (Å²) in [5, 5.41) is 0. The van der Waals surface area contributed by atoms with Crippen LogP contribution in [0.2, 0.25) is 0 Å². The Kier molecular flexibility index (Phi) is 3.61. The second-order valence-electron chi connectivity index (χ2n) is 2.69. The van der Waals surface area contributed by atoms with E-state index in [1.165, 1.54) is 0 Å². The van der Waals surface area contributed by atoms with Gasteiger partial charge in [0.05, 0.1) is 13.2 Å². The highest BCUT2D eigenvalue weighted by Gasteiger charge is 2.09. The van der Waals surface area contributed by atoms with Crippen LogP contribution < -0.4 is 0 Å². The number of nitrogens with zero attached hydrogens (tertiary/aromatic N) is 1. The highest BCUT2D eigenvalue weighted by molar-refractivity contribution is 5.17. The maximum Gasteiger partial charge on any atom is 0.0642 e. The predicted molar refractivity (Wildman–Crippen MR) is 50.9 cm³/mol. The Balaban J connectivity index is 2.39. The minimum atomic E-state index is 0.806. The standard InChI is InChI=1S/C10H15NO/c1-3-4-5-10(2)11-6-8-12-9-7-11/h3-5H,1-2,6-9H2/b5-4-. The second kappa shape index (κ2) is 4.78. The van der Waals surface area contributed by atoms with Crippen molar-refractivity contribution < 1.29 is 4.74 Å². The van der Waals surface area contributed by atoms with E-state index in [1.54, 1.807) is 6.08 Å². The van der Waals surface area contributed by atoms with Crippen molar-refractivity contribution in [2.75, 3.05) is 26.3 Å². The Morgan fingerprint density at radius 2 is 2.00 bits per heavy atom.